The van der Waals surface area contributed by atoms with Crippen LogP contribution in [0.5, 0.6) is 0 Å². The number of amides is 1. The molecule has 7 heteroatoms. The highest BCUT2D eigenvalue weighted by molar-refractivity contribution is 7.89. The fourth-order valence-corrected chi connectivity index (χ4v) is 3.47. The molecule has 0 saturated carbocycles. The van der Waals surface area contributed by atoms with Crippen LogP contribution in [-0.4, -0.2) is 20.4 Å². The van der Waals surface area contributed by atoms with Gasteiger partial charge in [-0.25, -0.2) is 13.1 Å². The van der Waals surface area contributed by atoms with Gasteiger partial charge in [0.25, 0.3) is 0 Å². The fraction of sp³-hybridized carbons (Fsp3) is 0.235. The molecule has 0 radical (unpaired) electrons. The van der Waals surface area contributed by atoms with E-state index in [0.29, 0.717) is 10.7 Å². The van der Waals surface area contributed by atoms with Crippen LogP contribution in [0, 0.1) is 0 Å². The minimum Gasteiger partial charge on any atom is -0.326 e. The van der Waals surface area contributed by atoms with E-state index >= 15 is 0 Å². The van der Waals surface area contributed by atoms with E-state index < -0.39 is 10.0 Å². The van der Waals surface area contributed by atoms with Crippen molar-refractivity contribution in [2.45, 2.75) is 31.2 Å². The normalized spacial score (nSPS) is 11.5. The second-order valence-electron chi connectivity index (χ2n) is 5.65. The van der Waals surface area contributed by atoms with E-state index in [1.54, 1.807) is 50.2 Å². The highest BCUT2D eigenvalue weighted by atomic mass is 35.5. The molecule has 5 nitrogen and oxygen atoms in total. The van der Waals surface area contributed by atoms with Gasteiger partial charge in [-0.15, -0.1) is 0 Å². The van der Waals surface area contributed by atoms with E-state index in [9.17, 15) is 13.2 Å². The highest BCUT2D eigenvalue weighted by Crippen LogP contribution is 2.15. The number of anilines is 1. The average Bonchev–Trinajstić information content (AvgIpc) is 2.49. The number of sulfonamides is 1. The summed E-state index contributed by atoms with van der Waals surface area (Å²) in [5.41, 5.74) is 1.38. The minimum atomic E-state index is -3.53. The first kappa shape index (κ1) is 18.4. The summed E-state index contributed by atoms with van der Waals surface area (Å²) in [6, 6.07) is 12.9. The van der Waals surface area contributed by atoms with E-state index in [-0.39, 0.29) is 23.3 Å². The van der Waals surface area contributed by atoms with Crippen LogP contribution < -0.4 is 10.0 Å². The summed E-state index contributed by atoms with van der Waals surface area (Å²) in [6.45, 7) is 3.51. The summed E-state index contributed by atoms with van der Waals surface area (Å²) in [6.07, 6.45) is 0.214. The lowest BCUT2D eigenvalue weighted by molar-refractivity contribution is -0.115. The van der Waals surface area contributed by atoms with Crippen molar-refractivity contribution in [2.24, 2.45) is 0 Å². The Labute approximate surface area is 147 Å². The molecule has 0 spiro atoms. The van der Waals surface area contributed by atoms with Crippen LogP contribution in [0.15, 0.2) is 53.4 Å². The van der Waals surface area contributed by atoms with Gasteiger partial charge in [-0.05, 0) is 55.8 Å². The first-order chi connectivity index (χ1) is 11.3. The summed E-state index contributed by atoms with van der Waals surface area (Å²) in [7, 11) is -3.53. The molecule has 128 valence electrons. The molecule has 0 saturated heterocycles. The predicted octanol–water partition coefficient (Wildman–Crippen LogP) is 3.21. The van der Waals surface area contributed by atoms with Gasteiger partial charge in [0.2, 0.25) is 15.9 Å². The van der Waals surface area contributed by atoms with Crippen LogP contribution in [0.25, 0.3) is 0 Å². The van der Waals surface area contributed by atoms with Gasteiger partial charge < -0.3 is 5.32 Å². The summed E-state index contributed by atoms with van der Waals surface area (Å²) in [5, 5.41) is 3.35. The number of hydrogen-bond acceptors (Lipinski definition) is 3. The van der Waals surface area contributed by atoms with Crippen LogP contribution in [-0.2, 0) is 21.2 Å². The number of carbonyl (C=O) groups excluding carboxylic acids is 1. The number of halogens is 1. The maximum Gasteiger partial charge on any atom is 0.240 e. The SMILES string of the molecule is CC(C)NS(=O)(=O)c1ccc(NC(=O)Cc2ccc(Cl)cc2)cc1. The van der Waals surface area contributed by atoms with Crippen molar-refractivity contribution in [1.82, 2.24) is 4.72 Å². The molecule has 2 aromatic carbocycles. The van der Waals surface area contributed by atoms with Crippen molar-refractivity contribution >= 4 is 33.2 Å². The van der Waals surface area contributed by atoms with Crippen molar-refractivity contribution in [3.05, 3.63) is 59.1 Å². The molecular formula is C17H19ClN2O3S. The molecule has 2 N–H and O–H groups in total. The highest BCUT2D eigenvalue weighted by Gasteiger charge is 2.15. The second-order valence-corrected chi connectivity index (χ2v) is 7.80. The van der Waals surface area contributed by atoms with Crippen LogP contribution in [0.4, 0.5) is 5.69 Å². The van der Waals surface area contributed by atoms with Gasteiger partial charge in [-0.1, -0.05) is 23.7 Å². The van der Waals surface area contributed by atoms with Crippen molar-refractivity contribution in [3.8, 4) is 0 Å². The minimum absolute atomic E-state index is 0.159. The average molecular weight is 367 g/mol. The van der Waals surface area contributed by atoms with Crippen molar-refractivity contribution < 1.29 is 13.2 Å². The lowest BCUT2D eigenvalue weighted by Crippen LogP contribution is -2.30. The van der Waals surface area contributed by atoms with Gasteiger partial charge in [0.05, 0.1) is 11.3 Å². The Bertz CT molecular complexity index is 801. The standard InChI is InChI=1S/C17H19ClN2O3S/c1-12(2)20-24(22,23)16-9-7-15(8-10-16)19-17(21)11-13-3-5-14(18)6-4-13/h3-10,12,20H,11H2,1-2H3,(H,19,21). The summed E-state index contributed by atoms with van der Waals surface area (Å²) < 4.78 is 26.6. The van der Waals surface area contributed by atoms with Crippen molar-refractivity contribution in [3.63, 3.8) is 0 Å². The number of benzene rings is 2. The molecule has 0 heterocycles. The van der Waals surface area contributed by atoms with Gasteiger partial charge in [0, 0.05) is 16.8 Å². The zero-order valence-corrected chi connectivity index (χ0v) is 15.0. The molecule has 0 aliphatic carbocycles. The quantitative estimate of drug-likeness (QED) is 0.824. The molecule has 24 heavy (non-hydrogen) atoms. The maximum absolute atomic E-state index is 12.0. The van der Waals surface area contributed by atoms with Gasteiger partial charge in [0.15, 0.2) is 0 Å². The first-order valence-electron chi connectivity index (χ1n) is 7.43. The van der Waals surface area contributed by atoms with Crippen molar-refractivity contribution in [2.75, 3.05) is 5.32 Å². The lowest BCUT2D eigenvalue weighted by Gasteiger charge is -2.10. The lowest BCUT2D eigenvalue weighted by atomic mass is 10.1. The molecule has 1 amide bonds. The topological polar surface area (TPSA) is 75.3 Å². The monoisotopic (exact) mass is 366 g/mol. The third kappa shape index (κ3) is 5.33. The Morgan fingerprint density at radius 2 is 1.62 bits per heavy atom. The molecule has 0 unspecified atom stereocenters. The Hall–Kier alpha value is -1.89. The Morgan fingerprint density at radius 1 is 1.04 bits per heavy atom. The molecular weight excluding hydrogens is 348 g/mol. The van der Waals surface area contributed by atoms with E-state index in [0.717, 1.165) is 5.56 Å². The smallest absolute Gasteiger partial charge is 0.240 e. The van der Waals surface area contributed by atoms with Crippen LogP contribution in [0.2, 0.25) is 5.02 Å². The number of rotatable bonds is 6. The van der Waals surface area contributed by atoms with Crippen LogP contribution >= 0.6 is 11.6 Å². The zero-order valence-electron chi connectivity index (χ0n) is 13.4. The second kappa shape index (κ2) is 7.79. The van der Waals surface area contributed by atoms with Gasteiger partial charge in [-0.2, -0.15) is 0 Å². The Balaban J connectivity index is 2.01. The Kier molecular flexibility index (Phi) is 5.99. The number of hydrogen-bond donors (Lipinski definition) is 2. The third-order valence-corrected chi connectivity index (χ3v) is 5.04. The predicted molar refractivity (Wildman–Crippen MR) is 95.7 cm³/mol. The largest absolute Gasteiger partial charge is 0.326 e. The van der Waals surface area contributed by atoms with E-state index in [4.69, 9.17) is 11.6 Å². The van der Waals surface area contributed by atoms with Gasteiger partial charge in [-0.3, -0.25) is 4.79 Å². The van der Waals surface area contributed by atoms with Crippen LogP contribution in [0.1, 0.15) is 19.4 Å². The molecule has 0 fully saturated rings. The van der Waals surface area contributed by atoms with E-state index in [1.165, 1.54) is 12.1 Å². The third-order valence-electron chi connectivity index (χ3n) is 3.12. The van der Waals surface area contributed by atoms with Crippen LogP contribution in [0.3, 0.4) is 0 Å². The van der Waals surface area contributed by atoms with Gasteiger partial charge in [0.1, 0.15) is 0 Å². The fourth-order valence-electron chi connectivity index (χ4n) is 2.09. The molecule has 0 aliphatic rings. The molecule has 2 aromatic rings. The van der Waals surface area contributed by atoms with E-state index in [1.807, 2.05) is 0 Å². The molecule has 0 aliphatic heterocycles. The van der Waals surface area contributed by atoms with E-state index in [2.05, 4.69) is 10.0 Å². The molecule has 0 aromatic heterocycles. The zero-order chi connectivity index (χ0) is 17.7. The van der Waals surface area contributed by atoms with Gasteiger partial charge >= 0.3 is 0 Å². The maximum atomic E-state index is 12.0. The number of nitrogens with one attached hydrogen (secondary N) is 2. The summed E-state index contributed by atoms with van der Waals surface area (Å²) in [4.78, 5) is 12.2. The summed E-state index contributed by atoms with van der Waals surface area (Å²) in [5.74, 6) is -0.187. The Morgan fingerprint density at radius 3 is 2.17 bits per heavy atom. The molecule has 2 rings (SSSR count). The number of carbonyl (C=O) groups is 1. The first-order valence-corrected chi connectivity index (χ1v) is 9.29. The molecule has 0 atom stereocenters. The molecule has 0 bridgehead atoms. The van der Waals surface area contributed by atoms with Crippen molar-refractivity contribution in [1.29, 1.82) is 0 Å². The summed E-state index contributed by atoms with van der Waals surface area (Å²) >= 11 is 5.81.